The van der Waals surface area contributed by atoms with Crippen LogP contribution in [0.5, 0.6) is 5.75 Å². The number of likely N-dealkylation sites (tertiary alicyclic amines) is 1. The van der Waals surface area contributed by atoms with Gasteiger partial charge < -0.3 is 19.7 Å². The summed E-state index contributed by atoms with van der Waals surface area (Å²) in [4.78, 5) is 18.8. The lowest BCUT2D eigenvalue weighted by atomic mass is 10.0. The van der Waals surface area contributed by atoms with Crippen LogP contribution in [0.2, 0.25) is 0 Å². The predicted molar refractivity (Wildman–Crippen MR) is 153 cm³/mol. The van der Waals surface area contributed by atoms with Gasteiger partial charge in [0.1, 0.15) is 5.60 Å². The number of anilines is 1. The number of amidine groups is 1. The fraction of sp³-hybridized carbons (Fsp3) is 0.548. The number of unbranched alkanes of at least 4 members (excludes halogenated alkanes) is 3. The molecule has 214 valence electrons. The Balaban J connectivity index is 1.34. The highest BCUT2D eigenvalue weighted by Crippen LogP contribution is 2.23. The smallest absolute Gasteiger partial charge is 0.410 e. The highest BCUT2D eigenvalue weighted by Gasteiger charge is 2.29. The summed E-state index contributed by atoms with van der Waals surface area (Å²) >= 11 is 0. The lowest BCUT2D eigenvalue weighted by Gasteiger charge is -2.24. The maximum atomic E-state index is 13.6. The van der Waals surface area contributed by atoms with E-state index in [0.29, 0.717) is 32.2 Å². The van der Waals surface area contributed by atoms with Gasteiger partial charge in [0.05, 0.1) is 12.4 Å². The number of amides is 1. The fourth-order valence-electron chi connectivity index (χ4n) is 4.58. The Morgan fingerprint density at radius 1 is 1.10 bits per heavy atom. The van der Waals surface area contributed by atoms with Crippen LogP contribution >= 0.6 is 0 Å². The molecule has 0 aliphatic carbocycles. The number of nitrogens with one attached hydrogen (secondary N) is 1. The van der Waals surface area contributed by atoms with Gasteiger partial charge in [-0.25, -0.2) is 13.6 Å². The first kappa shape index (κ1) is 30.4. The maximum Gasteiger partial charge on any atom is 0.410 e. The molecule has 0 saturated carbocycles. The van der Waals surface area contributed by atoms with Gasteiger partial charge in [0, 0.05) is 25.3 Å². The van der Waals surface area contributed by atoms with E-state index in [4.69, 9.17) is 14.5 Å². The monoisotopic (exact) mass is 543 g/mol. The van der Waals surface area contributed by atoms with Crippen molar-refractivity contribution in [2.45, 2.75) is 78.7 Å². The van der Waals surface area contributed by atoms with Gasteiger partial charge in [-0.05, 0) is 95.5 Å². The van der Waals surface area contributed by atoms with Crippen molar-refractivity contribution in [1.82, 2.24) is 4.90 Å². The number of hydrogen-bond donors (Lipinski definition) is 1. The van der Waals surface area contributed by atoms with E-state index >= 15 is 0 Å². The summed E-state index contributed by atoms with van der Waals surface area (Å²) in [6, 6.07) is 10.2. The van der Waals surface area contributed by atoms with Crippen LogP contribution in [0.15, 0.2) is 41.4 Å². The molecule has 1 amide bonds. The first-order valence-electron chi connectivity index (χ1n) is 13.9. The number of nitrogens with zero attached hydrogens (tertiary/aromatic N) is 2. The summed E-state index contributed by atoms with van der Waals surface area (Å²) < 4.78 is 37.9. The predicted octanol–water partition coefficient (Wildman–Crippen LogP) is 7.54. The standard InChI is InChI=1S/C31H43F2N3O3/c1-22-19-24(11-8-6-7-9-18-38-29-26(32)12-10-13-27(29)33)14-15-28(22)35-23(2)34-20-25-16-17-36(21-25)30(37)39-31(3,4)5/h10,12-15,19,25H,6-9,11,16-18,20-21H2,1-5H3,(H,34,35). The van der Waals surface area contributed by atoms with E-state index in [0.717, 1.165) is 50.0 Å². The number of hydrogen-bond acceptors (Lipinski definition) is 4. The van der Waals surface area contributed by atoms with E-state index in [1.807, 2.05) is 27.7 Å². The number of carbonyl (C=O) groups excluding carboxylic acids is 1. The molecule has 1 fully saturated rings. The van der Waals surface area contributed by atoms with Crippen molar-refractivity contribution >= 4 is 17.6 Å². The van der Waals surface area contributed by atoms with Crippen molar-refractivity contribution in [3.8, 4) is 5.75 Å². The molecular weight excluding hydrogens is 500 g/mol. The molecule has 0 bridgehead atoms. The Hall–Kier alpha value is -3.16. The van der Waals surface area contributed by atoms with Gasteiger partial charge in [-0.3, -0.25) is 4.99 Å². The maximum absolute atomic E-state index is 13.6. The molecule has 1 unspecified atom stereocenters. The third-order valence-electron chi connectivity index (χ3n) is 6.66. The number of aliphatic imine (C=N–C) groups is 1. The van der Waals surface area contributed by atoms with Crippen LogP contribution in [0.25, 0.3) is 0 Å². The van der Waals surface area contributed by atoms with Crippen LogP contribution in [-0.4, -0.2) is 48.7 Å². The van der Waals surface area contributed by atoms with Gasteiger partial charge >= 0.3 is 6.09 Å². The van der Waals surface area contributed by atoms with Crippen LogP contribution in [0.4, 0.5) is 19.3 Å². The molecule has 1 heterocycles. The van der Waals surface area contributed by atoms with Crippen molar-refractivity contribution in [2.24, 2.45) is 10.9 Å². The van der Waals surface area contributed by atoms with Crippen LogP contribution in [0.3, 0.4) is 0 Å². The van der Waals surface area contributed by atoms with Crippen LogP contribution in [0, 0.1) is 24.5 Å². The molecule has 1 atom stereocenters. The summed E-state index contributed by atoms with van der Waals surface area (Å²) in [5, 5.41) is 3.42. The lowest BCUT2D eigenvalue weighted by molar-refractivity contribution is 0.0289. The van der Waals surface area contributed by atoms with Crippen molar-refractivity contribution in [3.63, 3.8) is 0 Å². The van der Waals surface area contributed by atoms with E-state index in [1.165, 1.54) is 29.3 Å². The largest absolute Gasteiger partial charge is 0.488 e. The van der Waals surface area contributed by atoms with E-state index in [-0.39, 0.29) is 11.8 Å². The fourth-order valence-corrected chi connectivity index (χ4v) is 4.58. The molecule has 39 heavy (non-hydrogen) atoms. The number of halogens is 2. The van der Waals surface area contributed by atoms with Crippen LogP contribution < -0.4 is 10.1 Å². The zero-order valence-electron chi connectivity index (χ0n) is 24.0. The number of para-hydroxylation sites is 1. The quantitative estimate of drug-likeness (QED) is 0.181. The van der Waals surface area contributed by atoms with E-state index in [2.05, 4.69) is 30.4 Å². The van der Waals surface area contributed by atoms with Crippen LogP contribution in [-0.2, 0) is 11.2 Å². The minimum Gasteiger partial charge on any atom is -0.488 e. The number of rotatable bonds is 11. The number of carbonyl (C=O) groups is 1. The SMILES string of the molecule is CC(=NCC1CCN(C(=O)OC(C)(C)C)C1)Nc1ccc(CCCCCCOc2c(F)cccc2F)cc1C. The number of benzene rings is 2. The summed E-state index contributed by atoms with van der Waals surface area (Å²) in [6.07, 6.45) is 5.44. The molecule has 3 rings (SSSR count). The summed E-state index contributed by atoms with van der Waals surface area (Å²) in [6.45, 7) is 12.1. The normalized spacial score (nSPS) is 15.9. The Morgan fingerprint density at radius 3 is 2.51 bits per heavy atom. The van der Waals surface area contributed by atoms with Gasteiger partial charge in [0.25, 0.3) is 0 Å². The Morgan fingerprint density at radius 2 is 1.82 bits per heavy atom. The second-order valence-corrected chi connectivity index (χ2v) is 11.3. The number of aryl methyl sites for hydroxylation is 2. The van der Waals surface area contributed by atoms with Gasteiger partial charge in [0.2, 0.25) is 0 Å². The second kappa shape index (κ2) is 14.3. The van der Waals surface area contributed by atoms with Crippen molar-refractivity contribution in [1.29, 1.82) is 0 Å². The Kier molecular flexibility index (Phi) is 11.1. The van der Waals surface area contributed by atoms with Gasteiger partial charge in [0.15, 0.2) is 17.4 Å². The van der Waals surface area contributed by atoms with Crippen LogP contribution in [0.1, 0.15) is 70.9 Å². The van der Waals surface area contributed by atoms with Crippen molar-refractivity contribution in [3.05, 3.63) is 59.2 Å². The molecule has 1 saturated heterocycles. The highest BCUT2D eigenvalue weighted by atomic mass is 19.1. The lowest BCUT2D eigenvalue weighted by Crippen LogP contribution is -2.35. The minimum absolute atomic E-state index is 0.245. The first-order chi connectivity index (χ1) is 18.5. The Labute approximate surface area is 231 Å². The van der Waals surface area contributed by atoms with Crippen molar-refractivity contribution in [2.75, 3.05) is 31.6 Å². The molecule has 0 spiro atoms. The first-order valence-corrected chi connectivity index (χ1v) is 13.9. The van der Waals surface area contributed by atoms with Gasteiger partial charge in [-0.2, -0.15) is 0 Å². The van der Waals surface area contributed by atoms with Gasteiger partial charge in [-0.1, -0.05) is 31.0 Å². The average molecular weight is 544 g/mol. The minimum atomic E-state index is -0.662. The molecule has 1 N–H and O–H groups in total. The summed E-state index contributed by atoms with van der Waals surface area (Å²) in [5.74, 6) is -0.412. The molecule has 2 aromatic rings. The molecule has 0 aromatic heterocycles. The van der Waals surface area contributed by atoms with Gasteiger partial charge in [-0.15, -0.1) is 0 Å². The third kappa shape index (κ3) is 10.2. The average Bonchev–Trinajstić information content (AvgIpc) is 3.34. The molecule has 1 aliphatic rings. The second-order valence-electron chi connectivity index (χ2n) is 11.3. The summed E-state index contributed by atoms with van der Waals surface area (Å²) in [5.41, 5.74) is 3.01. The molecule has 2 aromatic carbocycles. The van der Waals surface area contributed by atoms with E-state index < -0.39 is 17.2 Å². The zero-order valence-corrected chi connectivity index (χ0v) is 24.0. The van der Waals surface area contributed by atoms with E-state index in [9.17, 15) is 13.6 Å². The molecule has 6 nitrogen and oxygen atoms in total. The van der Waals surface area contributed by atoms with E-state index in [1.54, 1.807) is 4.90 Å². The van der Waals surface area contributed by atoms with Crippen molar-refractivity contribution < 1.29 is 23.0 Å². The highest BCUT2D eigenvalue weighted by molar-refractivity contribution is 5.94. The molecule has 8 heteroatoms. The Bertz CT molecular complexity index is 1110. The molecule has 0 radical (unpaired) electrons. The third-order valence-corrected chi connectivity index (χ3v) is 6.66. The summed E-state index contributed by atoms with van der Waals surface area (Å²) in [7, 11) is 0. The topological polar surface area (TPSA) is 63.2 Å². The zero-order chi connectivity index (χ0) is 28.4. The molecular formula is C31H43F2N3O3. The molecule has 1 aliphatic heterocycles. The number of ether oxygens (including phenoxy) is 2.